The van der Waals surface area contributed by atoms with E-state index in [1.165, 1.54) is 5.56 Å². The number of rotatable bonds is 4. The number of aromatic nitrogens is 2. The summed E-state index contributed by atoms with van der Waals surface area (Å²) in [4.78, 5) is 4.29. The zero-order chi connectivity index (χ0) is 14.7. The number of hydrogen-bond acceptors (Lipinski definition) is 4. The summed E-state index contributed by atoms with van der Waals surface area (Å²) in [6.07, 6.45) is 0. The molecule has 21 heavy (non-hydrogen) atoms. The highest BCUT2D eigenvalue weighted by Crippen LogP contribution is 2.27. The highest BCUT2D eigenvalue weighted by molar-refractivity contribution is 9.10. The van der Waals surface area contributed by atoms with Gasteiger partial charge in [-0.05, 0) is 30.7 Å². The van der Waals surface area contributed by atoms with Crippen LogP contribution in [-0.4, -0.2) is 10.1 Å². The molecular weight excluding hydrogens is 330 g/mol. The van der Waals surface area contributed by atoms with Gasteiger partial charge in [0.2, 0.25) is 0 Å². The van der Waals surface area contributed by atoms with Crippen LogP contribution >= 0.6 is 15.9 Å². The third-order valence-corrected chi connectivity index (χ3v) is 3.89. The molecule has 0 aliphatic heterocycles. The van der Waals surface area contributed by atoms with Crippen molar-refractivity contribution in [2.24, 2.45) is 0 Å². The Morgan fingerprint density at radius 1 is 1.10 bits per heavy atom. The van der Waals surface area contributed by atoms with Crippen LogP contribution in [0.5, 0.6) is 0 Å². The van der Waals surface area contributed by atoms with Crippen LogP contribution < -0.4 is 5.32 Å². The largest absolute Gasteiger partial charge is 0.380 e. The number of halogens is 1. The van der Waals surface area contributed by atoms with Crippen LogP contribution in [0.25, 0.3) is 11.5 Å². The van der Waals surface area contributed by atoms with Crippen LogP contribution in [0.3, 0.4) is 0 Å². The van der Waals surface area contributed by atoms with Gasteiger partial charge in [0.1, 0.15) is 0 Å². The summed E-state index contributed by atoms with van der Waals surface area (Å²) >= 11 is 3.56. The second kappa shape index (κ2) is 6.10. The second-order valence-corrected chi connectivity index (χ2v) is 5.49. The van der Waals surface area contributed by atoms with Crippen LogP contribution in [0.15, 0.2) is 57.5 Å². The molecule has 3 rings (SSSR count). The summed E-state index contributed by atoms with van der Waals surface area (Å²) < 4.78 is 6.34. The van der Waals surface area contributed by atoms with Gasteiger partial charge in [0.25, 0.3) is 5.89 Å². The number of aryl methyl sites for hydroxylation is 1. The Bertz CT molecular complexity index is 755. The molecule has 0 unspecified atom stereocenters. The number of nitrogens with one attached hydrogen (secondary N) is 1. The normalized spacial score (nSPS) is 10.6. The first-order valence-electron chi connectivity index (χ1n) is 6.61. The molecule has 1 N–H and O–H groups in total. The molecule has 2 aromatic carbocycles. The molecule has 0 radical (unpaired) electrons. The lowest BCUT2D eigenvalue weighted by molar-refractivity contribution is 0.426. The maximum atomic E-state index is 5.26. The lowest BCUT2D eigenvalue weighted by atomic mass is 10.1. The predicted octanol–water partition coefficient (Wildman–Crippen LogP) is 4.42. The van der Waals surface area contributed by atoms with Gasteiger partial charge < -0.3 is 9.84 Å². The highest BCUT2D eigenvalue weighted by Gasteiger charge is 2.11. The second-order valence-electron chi connectivity index (χ2n) is 4.64. The molecule has 0 bridgehead atoms. The average Bonchev–Trinajstić information content (AvgIpc) is 2.93. The molecule has 0 aliphatic carbocycles. The molecule has 3 aromatic rings. The van der Waals surface area contributed by atoms with E-state index < -0.39 is 0 Å². The Hall–Kier alpha value is -2.14. The van der Waals surface area contributed by atoms with Gasteiger partial charge in [0.05, 0.1) is 5.56 Å². The van der Waals surface area contributed by atoms with E-state index in [2.05, 4.69) is 37.5 Å². The highest BCUT2D eigenvalue weighted by atomic mass is 79.9. The Labute approximate surface area is 131 Å². The number of para-hydroxylation sites is 1. The first-order valence-corrected chi connectivity index (χ1v) is 7.40. The molecular formula is C16H14BrN3O. The molecule has 106 valence electrons. The van der Waals surface area contributed by atoms with E-state index in [0.717, 1.165) is 15.7 Å². The van der Waals surface area contributed by atoms with E-state index in [-0.39, 0.29) is 0 Å². The summed E-state index contributed by atoms with van der Waals surface area (Å²) in [5, 5.41) is 7.27. The Balaban J connectivity index is 1.85. The van der Waals surface area contributed by atoms with Crippen LogP contribution in [0.4, 0.5) is 5.69 Å². The molecule has 1 heterocycles. The standard InChI is InChI=1S/C16H14BrN3O/c1-11-19-16(21-20-11)13-7-3-5-9-15(13)18-10-12-6-2-4-8-14(12)17/h2-9,18H,10H2,1H3. The fourth-order valence-electron chi connectivity index (χ4n) is 2.06. The predicted molar refractivity (Wildman–Crippen MR) is 85.9 cm³/mol. The number of anilines is 1. The third kappa shape index (κ3) is 3.13. The molecule has 0 spiro atoms. The topological polar surface area (TPSA) is 51.0 Å². The minimum absolute atomic E-state index is 0.530. The van der Waals surface area contributed by atoms with E-state index in [1.807, 2.05) is 49.4 Å². The minimum Gasteiger partial charge on any atom is -0.380 e. The number of nitrogens with zero attached hydrogens (tertiary/aromatic N) is 2. The van der Waals surface area contributed by atoms with Crippen molar-refractivity contribution in [3.8, 4) is 11.5 Å². The van der Waals surface area contributed by atoms with E-state index in [1.54, 1.807) is 0 Å². The molecule has 4 nitrogen and oxygen atoms in total. The van der Waals surface area contributed by atoms with E-state index in [9.17, 15) is 0 Å². The zero-order valence-corrected chi connectivity index (χ0v) is 13.1. The minimum atomic E-state index is 0.530. The van der Waals surface area contributed by atoms with Crippen molar-refractivity contribution in [2.45, 2.75) is 13.5 Å². The van der Waals surface area contributed by atoms with Gasteiger partial charge >= 0.3 is 0 Å². The van der Waals surface area contributed by atoms with Gasteiger partial charge in [-0.3, -0.25) is 0 Å². The molecule has 0 saturated carbocycles. The summed E-state index contributed by atoms with van der Waals surface area (Å²) in [6.45, 7) is 2.52. The van der Waals surface area contributed by atoms with Gasteiger partial charge in [-0.2, -0.15) is 4.98 Å². The molecule has 0 saturated heterocycles. The summed E-state index contributed by atoms with van der Waals surface area (Å²) in [7, 11) is 0. The molecule has 5 heteroatoms. The zero-order valence-electron chi connectivity index (χ0n) is 11.5. The van der Waals surface area contributed by atoms with E-state index in [4.69, 9.17) is 4.52 Å². The fourth-order valence-corrected chi connectivity index (χ4v) is 2.49. The maximum Gasteiger partial charge on any atom is 0.260 e. The van der Waals surface area contributed by atoms with Gasteiger partial charge in [0, 0.05) is 16.7 Å². The Kier molecular flexibility index (Phi) is 4.01. The number of benzene rings is 2. The molecule has 0 aliphatic rings. The van der Waals surface area contributed by atoms with Gasteiger partial charge in [-0.1, -0.05) is 51.4 Å². The Morgan fingerprint density at radius 3 is 2.62 bits per heavy atom. The third-order valence-electron chi connectivity index (χ3n) is 3.11. The van der Waals surface area contributed by atoms with E-state index in [0.29, 0.717) is 18.3 Å². The van der Waals surface area contributed by atoms with E-state index >= 15 is 0 Å². The molecule has 1 aromatic heterocycles. The first-order chi connectivity index (χ1) is 10.2. The van der Waals surface area contributed by atoms with Crippen molar-refractivity contribution in [2.75, 3.05) is 5.32 Å². The van der Waals surface area contributed by atoms with Crippen LogP contribution in [0.2, 0.25) is 0 Å². The van der Waals surface area contributed by atoms with Gasteiger partial charge in [0.15, 0.2) is 5.82 Å². The fraction of sp³-hybridized carbons (Fsp3) is 0.125. The van der Waals surface area contributed by atoms with Crippen molar-refractivity contribution < 1.29 is 4.52 Å². The van der Waals surface area contributed by atoms with Crippen LogP contribution in [-0.2, 0) is 6.54 Å². The van der Waals surface area contributed by atoms with Gasteiger partial charge in [-0.15, -0.1) is 0 Å². The van der Waals surface area contributed by atoms with Crippen LogP contribution in [0, 0.1) is 6.92 Å². The SMILES string of the molecule is Cc1noc(-c2ccccc2NCc2ccccc2Br)n1. The van der Waals surface area contributed by atoms with Gasteiger partial charge in [-0.25, -0.2) is 0 Å². The summed E-state index contributed by atoms with van der Waals surface area (Å²) in [5.74, 6) is 1.16. The van der Waals surface area contributed by atoms with Crippen molar-refractivity contribution in [1.82, 2.24) is 10.1 Å². The number of hydrogen-bond donors (Lipinski definition) is 1. The molecule has 0 amide bonds. The first kappa shape index (κ1) is 13.8. The summed E-state index contributed by atoms with van der Waals surface area (Å²) in [5.41, 5.74) is 3.07. The van der Waals surface area contributed by atoms with Crippen LogP contribution in [0.1, 0.15) is 11.4 Å². The van der Waals surface area contributed by atoms with Crippen molar-refractivity contribution in [3.05, 3.63) is 64.4 Å². The molecule has 0 fully saturated rings. The Morgan fingerprint density at radius 2 is 1.86 bits per heavy atom. The molecule has 0 atom stereocenters. The lowest BCUT2D eigenvalue weighted by Crippen LogP contribution is -2.01. The maximum absolute atomic E-state index is 5.26. The lowest BCUT2D eigenvalue weighted by Gasteiger charge is -2.10. The quantitative estimate of drug-likeness (QED) is 0.761. The van der Waals surface area contributed by atoms with Crippen molar-refractivity contribution in [3.63, 3.8) is 0 Å². The smallest absolute Gasteiger partial charge is 0.260 e. The monoisotopic (exact) mass is 343 g/mol. The average molecular weight is 344 g/mol. The van der Waals surface area contributed by atoms with Crippen molar-refractivity contribution in [1.29, 1.82) is 0 Å². The van der Waals surface area contributed by atoms with Crippen molar-refractivity contribution >= 4 is 21.6 Å². The summed E-state index contributed by atoms with van der Waals surface area (Å²) in [6, 6.07) is 16.0.